The fourth-order valence-corrected chi connectivity index (χ4v) is 2.28. The highest BCUT2D eigenvalue weighted by molar-refractivity contribution is 5.80. The van der Waals surface area contributed by atoms with Crippen LogP contribution in [0, 0.1) is 0 Å². The summed E-state index contributed by atoms with van der Waals surface area (Å²) in [7, 11) is 0. The van der Waals surface area contributed by atoms with E-state index in [2.05, 4.69) is 10.2 Å². The van der Waals surface area contributed by atoms with Gasteiger partial charge in [0.05, 0.1) is 5.41 Å². The van der Waals surface area contributed by atoms with Crippen LogP contribution < -0.4 is 5.32 Å². The lowest BCUT2D eigenvalue weighted by atomic mass is 9.84. The highest BCUT2D eigenvalue weighted by Gasteiger charge is 2.29. The molecule has 0 unspecified atom stereocenters. The molecule has 1 aromatic carbocycles. The molecule has 104 valence electrons. The van der Waals surface area contributed by atoms with Crippen molar-refractivity contribution in [2.75, 3.05) is 26.2 Å². The minimum absolute atomic E-state index is 0.789. The molecular weight excluding hydrogens is 240 g/mol. The van der Waals surface area contributed by atoms with E-state index in [9.17, 15) is 9.90 Å². The normalized spacial score (nSPS) is 17.4. The van der Waals surface area contributed by atoms with E-state index in [0.29, 0.717) is 0 Å². The van der Waals surface area contributed by atoms with E-state index in [1.807, 2.05) is 24.3 Å². The molecule has 4 heteroatoms. The Balaban J connectivity index is 2.04. The summed E-state index contributed by atoms with van der Waals surface area (Å²) in [5.74, 6) is -0.789. The number of carboxylic acid groups (broad SMARTS) is 1. The van der Waals surface area contributed by atoms with Crippen LogP contribution in [0.1, 0.15) is 25.0 Å². The van der Waals surface area contributed by atoms with Gasteiger partial charge in [-0.05, 0) is 25.0 Å². The van der Waals surface area contributed by atoms with Crippen molar-refractivity contribution in [2.45, 2.75) is 25.8 Å². The first-order chi connectivity index (χ1) is 9.00. The molecule has 4 nitrogen and oxygen atoms in total. The average Bonchev–Trinajstić information content (AvgIpc) is 2.40. The van der Waals surface area contributed by atoms with Crippen molar-refractivity contribution in [3.8, 4) is 0 Å². The van der Waals surface area contributed by atoms with Gasteiger partial charge in [0.15, 0.2) is 0 Å². The predicted octanol–water partition coefficient (Wildman–Crippen LogP) is 1.45. The third kappa shape index (κ3) is 3.33. The predicted molar refractivity (Wildman–Crippen MR) is 75.3 cm³/mol. The van der Waals surface area contributed by atoms with Crippen LogP contribution in [0.15, 0.2) is 24.3 Å². The number of hydrogen-bond donors (Lipinski definition) is 2. The first-order valence-corrected chi connectivity index (χ1v) is 6.76. The van der Waals surface area contributed by atoms with Crippen molar-refractivity contribution in [3.63, 3.8) is 0 Å². The van der Waals surface area contributed by atoms with Crippen LogP contribution in [0.3, 0.4) is 0 Å². The molecule has 0 saturated carbocycles. The number of aliphatic carboxylic acids is 1. The van der Waals surface area contributed by atoms with Crippen molar-refractivity contribution >= 4 is 5.97 Å². The van der Waals surface area contributed by atoms with Gasteiger partial charge in [-0.1, -0.05) is 24.3 Å². The third-order valence-corrected chi connectivity index (χ3v) is 3.83. The summed E-state index contributed by atoms with van der Waals surface area (Å²) in [5.41, 5.74) is 1.27. The first-order valence-electron chi connectivity index (χ1n) is 6.76. The summed E-state index contributed by atoms with van der Waals surface area (Å²) < 4.78 is 0. The van der Waals surface area contributed by atoms with Gasteiger partial charge in [0.1, 0.15) is 0 Å². The molecule has 0 bridgehead atoms. The van der Waals surface area contributed by atoms with E-state index in [0.717, 1.165) is 38.3 Å². The number of nitrogens with zero attached hydrogens (tertiary/aromatic N) is 1. The zero-order valence-electron chi connectivity index (χ0n) is 11.6. The maximum Gasteiger partial charge on any atom is 0.313 e. The van der Waals surface area contributed by atoms with Crippen LogP contribution in [0.2, 0.25) is 0 Å². The number of rotatable bonds is 4. The van der Waals surface area contributed by atoms with E-state index in [4.69, 9.17) is 0 Å². The Morgan fingerprint density at radius 1 is 1.26 bits per heavy atom. The van der Waals surface area contributed by atoms with Gasteiger partial charge in [-0.3, -0.25) is 9.69 Å². The summed E-state index contributed by atoms with van der Waals surface area (Å²) in [6, 6.07) is 7.96. The molecule has 0 atom stereocenters. The molecule has 1 aliphatic heterocycles. The first kappa shape index (κ1) is 14.0. The number of hydrogen-bond acceptors (Lipinski definition) is 3. The summed E-state index contributed by atoms with van der Waals surface area (Å²) in [5, 5.41) is 12.5. The van der Waals surface area contributed by atoms with Crippen LogP contribution in [-0.2, 0) is 16.8 Å². The maximum atomic E-state index is 11.2. The van der Waals surface area contributed by atoms with Gasteiger partial charge in [0.2, 0.25) is 0 Å². The zero-order valence-corrected chi connectivity index (χ0v) is 11.6. The number of benzene rings is 1. The molecule has 1 aromatic rings. The molecule has 0 spiro atoms. The highest BCUT2D eigenvalue weighted by atomic mass is 16.4. The van der Waals surface area contributed by atoms with E-state index in [-0.39, 0.29) is 0 Å². The Labute approximate surface area is 114 Å². The van der Waals surface area contributed by atoms with Gasteiger partial charge >= 0.3 is 5.97 Å². The molecule has 0 amide bonds. The Morgan fingerprint density at radius 2 is 1.84 bits per heavy atom. The molecule has 1 heterocycles. The fraction of sp³-hybridized carbons (Fsp3) is 0.533. The van der Waals surface area contributed by atoms with Gasteiger partial charge in [-0.2, -0.15) is 0 Å². The average molecular weight is 262 g/mol. The minimum Gasteiger partial charge on any atom is -0.481 e. The second-order valence-corrected chi connectivity index (χ2v) is 5.65. The van der Waals surface area contributed by atoms with Crippen LogP contribution in [0.4, 0.5) is 0 Å². The third-order valence-electron chi connectivity index (χ3n) is 3.83. The number of piperazine rings is 1. The summed E-state index contributed by atoms with van der Waals surface area (Å²) >= 11 is 0. The molecule has 19 heavy (non-hydrogen) atoms. The summed E-state index contributed by atoms with van der Waals surface area (Å²) in [4.78, 5) is 13.6. The number of nitrogens with one attached hydrogen (secondary N) is 1. The number of carboxylic acids is 1. The lowest BCUT2D eigenvalue weighted by Gasteiger charge is -2.27. The van der Waals surface area contributed by atoms with E-state index in [1.54, 1.807) is 13.8 Å². The molecule has 2 N–H and O–H groups in total. The Bertz CT molecular complexity index is 434. The van der Waals surface area contributed by atoms with Gasteiger partial charge in [-0.25, -0.2) is 0 Å². The van der Waals surface area contributed by atoms with Crippen molar-refractivity contribution in [3.05, 3.63) is 35.4 Å². The van der Waals surface area contributed by atoms with E-state index >= 15 is 0 Å². The Kier molecular flexibility index (Phi) is 4.22. The molecule has 0 radical (unpaired) electrons. The lowest BCUT2D eigenvalue weighted by molar-refractivity contribution is -0.142. The second kappa shape index (κ2) is 5.72. The van der Waals surface area contributed by atoms with Gasteiger partial charge < -0.3 is 10.4 Å². The fourth-order valence-electron chi connectivity index (χ4n) is 2.28. The minimum atomic E-state index is -0.826. The SMILES string of the molecule is CC(C)(C(=O)O)c1ccc(CN2CCNCC2)cc1. The smallest absolute Gasteiger partial charge is 0.313 e. The molecule has 0 aromatic heterocycles. The zero-order chi connectivity index (χ0) is 13.9. The lowest BCUT2D eigenvalue weighted by Crippen LogP contribution is -2.42. The Hall–Kier alpha value is -1.39. The van der Waals surface area contributed by atoms with E-state index < -0.39 is 11.4 Å². The van der Waals surface area contributed by atoms with Crippen LogP contribution in [0.25, 0.3) is 0 Å². The van der Waals surface area contributed by atoms with Gasteiger partial charge in [0.25, 0.3) is 0 Å². The largest absolute Gasteiger partial charge is 0.481 e. The van der Waals surface area contributed by atoms with Crippen LogP contribution in [0.5, 0.6) is 0 Å². The number of carbonyl (C=O) groups is 1. The van der Waals surface area contributed by atoms with Crippen molar-refractivity contribution < 1.29 is 9.90 Å². The molecule has 1 aliphatic rings. The highest BCUT2D eigenvalue weighted by Crippen LogP contribution is 2.23. The quantitative estimate of drug-likeness (QED) is 0.862. The van der Waals surface area contributed by atoms with Gasteiger partial charge in [-0.15, -0.1) is 0 Å². The van der Waals surface area contributed by atoms with E-state index in [1.165, 1.54) is 5.56 Å². The Morgan fingerprint density at radius 3 is 2.37 bits per heavy atom. The monoisotopic (exact) mass is 262 g/mol. The van der Waals surface area contributed by atoms with Crippen molar-refractivity contribution in [2.24, 2.45) is 0 Å². The molecular formula is C15H22N2O2. The topological polar surface area (TPSA) is 52.6 Å². The molecule has 0 aliphatic carbocycles. The molecule has 1 fully saturated rings. The van der Waals surface area contributed by atoms with Crippen molar-refractivity contribution in [1.82, 2.24) is 10.2 Å². The standard InChI is InChI=1S/C15H22N2O2/c1-15(2,14(18)19)13-5-3-12(4-6-13)11-17-9-7-16-8-10-17/h3-6,16H,7-11H2,1-2H3,(H,18,19). The van der Waals surface area contributed by atoms with Crippen LogP contribution >= 0.6 is 0 Å². The van der Waals surface area contributed by atoms with Crippen molar-refractivity contribution in [1.29, 1.82) is 0 Å². The molecule has 2 rings (SSSR count). The van der Waals surface area contributed by atoms with Crippen LogP contribution in [-0.4, -0.2) is 42.2 Å². The maximum absolute atomic E-state index is 11.2. The molecule has 1 saturated heterocycles. The summed E-state index contributed by atoms with van der Waals surface area (Å²) in [6.45, 7) is 8.65. The van der Waals surface area contributed by atoms with Gasteiger partial charge in [0, 0.05) is 32.7 Å². The second-order valence-electron chi connectivity index (χ2n) is 5.65. The summed E-state index contributed by atoms with van der Waals surface area (Å²) in [6.07, 6.45) is 0.